The number of hydrazine groups is 1. The summed E-state index contributed by atoms with van der Waals surface area (Å²) in [6, 6.07) is 9.38. The number of methoxy groups -OCH3 is 1. The van der Waals surface area contributed by atoms with Gasteiger partial charge in [-0.3, -0.25) is 0 Å². The molecule has 0 spiro atoms. The molecule has 0 bridgehead atoms. The number of benzene rings is 1. The second-order valence-corrected chi connectivity index (χ2v) is 3.88. The first-order valence-corrected chi connectivity index (χ1v) is 6.01. The zero-order valence-corrected chi connectivity index (χ0v) is 11.0. The Morgan fingerprint density at radius 1 is 1.21 bits per heavy atom. The summed E-state index contributed by atoms with van der Waals surface area (Å²) in [5.74, 6) is 8.11. The van der Waals surface area contributed by atoms with Crippen molar-refractivity contribution < 1.29 is 4.74 Å². The van der Waals surface area contributed by atoms with Gasteiger partial charge in [-0.1, -0.05) is 19.1 Å². The van der Waals surface area contributed by atoms with E-state index in [0.717, 1.165) is 17.9 Å². The van der Waals surface area contributed by atoms with Gasteiger partial charge in [-0.2, -0.15) is 0 Å². The molecule has 19 heavy (non-hydrogen) atoms. The molecule has 1 heterocycles. The second kappa shape index (κ2) is 6.01. The van der Waals surface area contributed by atoms with Gasteiger partial charge in [0.15, 0.2) is 0 Å². The monoisotopic (exact) mass is 259 g/mol. The summed E-state index contributed by atoms with van der Waals surface area (Å²) in [6.45, 7) is 1.99. The van der Waals surface area contributed by atoms with Crippen LogP contribution in [0.1, 0.15) is 12.7 Å². The van der Waals surface area contributed by atoms with Crippen LogP contribution in [0.2, 0.25) is 0 Å². The van der Waals surface area contributed by atoms with E-state index in [1.807, 2.05) is 31.2 Å². The molecule has 2 rings (SSSR count). The van der Waals surface area contributed by atoms with E-state index in [1.54, 1.807) is 13.2 Å². The van der Waals surface area contributed by atoms with E-state index in [9.17, 15) is 0 Å². The molecule has 0 aliphatic carbocycles. The molecule has 2 aromatic rings. The van der Waals surface area contributed by atoms with E-state index < -0.39 is 0 Å². The van der Waals surface area contributed by atoms with Crippen LogP contribution in [0.25, 0.3) is 0 Å². The first-order valence-electron chi connectivity index (χ1n) is 6.01. The summed E-state index contributed by atoms with van der Waals surface area (Å²) < 4.78 is 5.28. The number of aromatic nitrogens is 2. The highest BCUT2D eigenvalue weighted by Crippen LogP contribution is 2.26. The highest BCUT2D eigenvalue weighted by Gasteiger charge is 2.06. The van der Waals surface area contributed by atoms with Gasteiger partial charge in [-0.25, -0.2) is 15.8 Å². The molecule has 1 aromatic heterocycles. The molecule has 0 saturated carbocycles. The minimum atomic E-state index is 0.573. The molecule has 100 valence electrons. The zero-order chi connectivity index (χ0) is 13.7. The number of ether oxygens (including phenoxy) is 1. The van der Waals surface area contributed by atoms with E-state index in [1.165, 1.54) is 0 Å². The third-order valence-electron chi connectivity index (χ3n) is 2.61. The normalized spacial score (nSPS) is 10.1. The standard InChI is InChI=1S/C13H17N5O/c1-3-11-16-12(8-13(17-11)18-14)15-9-6-4-5-7-10(9)19-2/h4-8H,3,14H2,1-2H3,(H2,15,16,17,18). The molecule has 0 aliphatic rings. The van der Waals surface area contributed by atoms with Crippen LogP contribution in [-0.4, -0.2) is 17.1 Å². The third kappa shape index (κ3) is 3.11. The van der Waals surface area contributed by atoms with Crippen molar-refractivity contribution in [1.29, 1.82) is 0 Å². The Balaban J connectivity index is 2.32. The van der Waals surface area contributed by atoms with Gasteiger partial charge in [0, 0.05) is 12.5 Å². The molecule has 0 amide bonds. The highest BCUT2D eigenvalue weighted by molar-refractivity contribution is 5.65. The van der Waals surface area contributed by atoms with Crippen LogP contribution >= 0.6 is 0 Å². The van der Waals surface area contributed by atoms with Gasteiger partial charge < -0.3 is 15.5 Å². The number of hydrogen-bond donors (Lipinski definition) is 3. The Morgan fingerprint density at radius 3 is 2.63 bits per heavy atom. The fraction of sp³-hybridized carbons (Fsp3) is 0.231. The maximum Gasteiger partial charge on any atom is 0.145 e. The number of para-hydroxylation sites is 2. The van der Waals surface area contributed by atoms with Gasteiger partial charge in [0.25, 0.3) is 0 Å². The topological polar surface area (TPSA) is 85.1 Å². The largest absolute Gasteiger partial charge is 0.495 e. The summed E-state index contributed by atoms with van der Waals surface area (Å²) in [6.07, 6.45) is 0.732. The van der Waals surface area contributed by atoms with Crippen molar-refractivity contribution >= 4 is 17.3 Å². The molecule has 0 fully saturated rings. The first kappa shape index (κ1) is 13.1. The van der Waals surface area contributed by atoms with Crippen LogP contribution in [0.3, 0.4) is 0 Å². The van der Waals surface area contributed by atoms with Gasteiger partial charge >= 0.3 is 0 Å². The van der Waals surface area contributed by atoms with Crippen LogP contribution in [0.15, 0.2) is 30.3 Å². The predicted octanol–water partition coefficient (Wildman–Crippen LogP) is 2.08. The predicted molar refractivity (Wildman–Crippen MR) is 75.5 cm³/mol. The lowest BCUT2D eigenvalue weighted by atomic mass is 10.3. The number of hydrogen-bond acceptors (Lipinski definition) is 6. The number of rotatable bonds is 5. The van der Waals surface area contributed by atoms with E-state index in [-0.39, 0.29) is 0 Å². The summed E-state index contributed by atoms with van der Waals surface area (Å²) in [5.41, 5.74) is 3.38. The van der Waals surface area contributed by atoms with Crippen LogP contribution in [0.5, 0.6) is 5.75 Å². The highest BCUT2D eigenvalue weighted by atomic mass is 16.5. The van der Waals surface area contributed by atoms with Crippen LogP contribution in [-0.2, 0) is 6.42 Å². The van der Waals surface area contributed by atoms with E-state index in [2.05, 4.69) is 20.7 Å². The molecule has 4 N–H and O–H groups in total. The van der Waals surface area contributed by atoms with Crippen LogP contribution in [0, 0.1) is 0 Å². The molecular formula is C13H17N5O. The molecular weight excluding hydrogens is 242 g/mol. The Labute approximate surface area is 112 Å². The molecule has 0 unspecified atom stereocenters. The quantitative estimate of drug-likeness (QED) is 0.563. The minimum absolute atomic E-state index is 0.573. The van der Waals surface area contributed by atoms with Crippen molar-refractivity contribution in [3.63, 3.8) is 0 Å². The number of nitrogens with two attached hydrogens (primary N) is 1. The van der Waals surface area contributed by atoms with Gasteiger partial charge in [-0.05, 0) is 12.1 Å². The number of aryl methyl sites for hydroxylation is 1. The van der Waals surface area contributed by atoms with Crippen molar-refractivity contribution in [2.24, 2.45) is 5.84 Å². The van der Waals surface area contributed by atoms with Crippen molar-refractivity contribution in [3.8, 4) is 5.75 Å². The van der Waals surface area contributed by atoms with Gasteiger partial charge in [-0.15, -0.1) is 0 Å². The summed E-state index contributed by atoms with van der Waals surface area (Å²) in [7, 11) is 1.63. The molecule has 0 saturated heterocycles. The van der Waals surface area contributed by atoms with Crippen LogP contribution in [0.4, 0.5) is 17.3 Å². The van der Waals surface area contributed by atoms with E-state index >= 15 is 0 Å². The average Bonchev–Trinajstić information content (AvgIpc) is 2.47. The Morgan fingerprint density at radius 2 is 1.95 bits per heavy atom. The summed E-state index contributed by atoms with van der Waals surface area (Å²) >= 11 is 0. The first-order chi connectivity index (χ1) is 9.26. The van der Waals surface area contributed by atoms with Crippen molar-refractivity contribution in [2.45, 2.75) is 13.3 Å². The lowest BCUT2D eigenvalue weighted by molar-refractivity contribution is 0.417. The van der Waals surface area contributed by atoms with Crippen molar-refractivity contribution in [1.82, 2.24) is 9.97 Å². The van der Waals surface area contributed by atoms with Crippen LogP contribution < -0.4 is 21.3 Å². The third-order valence-corrected chi connectivity index (χ3v) is 2.61. The Bertz CT molecular complexity index is 536. The maximum absolute atomic E-state index is 5.40. The molecule has 0 aliphatic heterocycles. The fourth-order valence-corrected chi connectivity index (χ4v) is 1.68. The van der Waals surface area contributed by atoms with Gasteiger partial charge in [0.1, 0.15) is 23.2 Å². The average molecular weight is 259 g/mol. The summed E-state index contributed by atoms with van der Waals surface area (Å²) in [4.78, 5) is 8.63. The molecule has 0 radical (unpaired) electrons. The van der Waals surface area contributed by atoms with Gasteiger partial charge in [0.05, 0.1) is 12.8 Å². The zero-order valence-electron chi connectivity index (χ0n) is 11.0. The van der Waals surface area contributed by atoms with Crippen molar-refractivity contribution in [3.05, 3.63) is 36.2 Å². The molecule has 6 heteroatoms. The Hall–Kier alpha value is -2.34. The number of nitrogen functional groups attached to an aromatic ring is 1. The maximum atomic E-state index is 5.40. The van der Waals surface area contributed by atoms with E-state index in [4.69, 9.17) is 10.6 Å². The molecule has 6 nitrogen and oxygen atoms in total. The van der Waals surface area contributed by atoms with Crippen molar-refractivity contribution in [2.75, 3.05) is 17.9 Å². The molecule has 0 atom stereocenters. The molecule has 1 aromatic carbocycles. The van der Waals surface area contributed by atoms with E-state index in [0.29, 0.717) is 17.5 Å². The Kier molecular flexibility index (Phi) is 4.15. The second-order valence-electron chi connectivity index (χ2n) is 3.88. The number of nitrogens with zero attached hydrogens (tertiary/aromatic N) is 2. The fourth-order valence-electron chi connectivity index (χ4n) is 1.68. The lowest BCUT2D eigenvalue weighted by Gasteiger charge is -2.11. The summed E-state index contributed by atoms with van der Waals surface area (Å²) in [5, 5.41) is 3.20. The number of anilines is 3. The van der Waals surface area contributed by atoms with Gasteiger partial charge in [0.2, 0.25) is 0 Å². The smallest absolute Gasteiger partial charge is 0.145 e. The minimum Gasteiger partial charge on any atom is -0.495 e. The SMILES string of the molecule is CCc1nc(NN)cc(Nc2ccccc2OC)n1. The number of nitrogens with one attached hydrogen (secondary N) is 2. The lowest BCUT2D eigenvalue weighted by Crippen LogP contribution is -2.11.